The number of dihydropyridines is 1. The van der Waals surface area contributed by atoms with Crippen molar-refractivity contribution in [1.29, 1.82) is 0 Å². The van der Waals surface area contributed by atoms with Crippen LogP contribution in [0.25, 0.3) is 0 Å². The van der Waals surface area contributed by atoms with E-state index in [0.29, 0.717) is 12.3 Å². The SMILES string of the molecule is NC1N=C(Oc2ccccc2)C=CC1(N)Cc1ccccc1. The van der Waals surface area contributed by atoms with Gasteiger partial charge in [-0.15, -0.1) is 0 Å². The van der Waals surface area contributed by atoms with Crippen molar-refractivity contribution in [2.45, 2.75) is 18.1 Å². The second kappa shape index (κ2) is 6.13. The Morgan fingerprint density at radius 3 is 2.27 bits per heavy atom. The summed E-state index contributed by atoms with van der Waals surface area (Å²) in [7, 11) is 0. The lowest BCUT2D eigenvalue weighted by Crippen LogP contribution is -2.56. The van der Waals surface area contributed by atoms with Crippen molar-refractivity contribution in [2.75, 3.05) is 0 Å². The summed E-state index contributed by atoms with van der Waals surface area (Å²) in [6.45, 7) is 0. The van der Waals surface area contributed by atoms with E-state index in [0.717, 1.165) is 11.3 Å². The monoisotopic (exact) mass is 293 g/mol. The van der Waals surface area contributed by atoms with Gasteiger partial charge in [-0.05, 0) is 30.2 Å². The van der Waals surface area contributed by atoms with Crippen LogP contribution >= 0.6 is 0 Å². The summed E-state index contributed by atoms with van der Waals surface area (Å²) in [6, 6.07) is 19.5. The van der Waals surface area contributed by atoms with E-state index in [1.807, 2.05) is 66.7 Å². The number of hydrogen-bond acceptors (Lipinski definition) is 4. The minimum atomic E-state index is -0.703. The predicted molar refractivity (Wildman–Crippen MR) is 88.7 cm³/mol. The van der Waals surface area contributed by atoms with Crippen molar-refractivity contribution in [2.24, 2.45) is 16.5 Å². The van der Waals surface area contributed by atoms with Gasteiger partial charge < -0.3 is 16.2 Å². The fourth-order valence-electron chi connectivity index (χ4n) is 2.41. The highest BCUT2D eigenvalue weighted by Gasteiger charge is 2.33. The zero-order chi connectivity index (χ0) is 15.4. The van der Waals surface area contributed by atoms with Gasteiger partial charge in [-0.1, -0.05) is 54.6 Å². The fourth-order valence-corrected chi connectivity index (χ4v) is 2.41. The van der Waals surface area contributed by atoms with Gasteiger partial charge in [0, 0.05) is 0 Å². The zero-order valence-electron chi connectivity index (χ0n) is 12.2. The van der Waals surface area contributed by atoms with Gasteiger partial charge in [0.15, 0.2) is 0 Å². The molecule has 2 aromatic carbocycles. The van der Waals surface area contributed by atoms with Crippen molar-refractivity contribution in [3.8, 4) is 5.75 Å². The van der Waals surface area contributed by atoms with E-state index < -0.39 is 11.7 Å². The number of rotatable bonds is 3. The van der Waals surface area contributed by atoms with E-state index in [9.17, 15) is 0 Å². The Hall–Kier alpha value is -2.43. The molecule has 0 aromatic heterocycles. The molecule has 3 rings (SSSR count). The molecule has 2 unspecified atom stereocenters. The highest BCUT2D eigenvalue weighted by atomic mass is 16.5. The Balaban J connectivity index is 1.72. The van der Waals surface area contributed by atoms with Crippen molar-refractivity contribution in [1.82, 2.24) is 0 Å². The molecule has 0 aliphatic carbocycles. The van der Waals surface area contributed by atoms with E-state index >= 15 is 0 Å². The third kappa shape index (κ3) is 3.24. The van der Waals surface area contributed by atoms with Gasteiger partial charge in [-0.3, -0.25) is 0 Å². The summed E-state index contributed by atoms with van der Waals surface area (Å²) in [5, 5.41) is 0. The van der Waals surface area contributed by atoms with Crippen LogP contribution in [-0.4, -0.2) is 17.6 Å². The van der Waals surface area contributed by atoms with Gasteiger partial charge in [0.25, 0.3) is 0 Å². The molecule has 4 nitrogen and oxygen atoms in total. The van der Waals surface area contributed by atoms with Crippen LogP contribution in [0.2, 0.25) is 0 Å². The maximum absolute atomic E-state index is 6.42. The summed E-state index contributed by atoms with van der Waals surface area (Å²) < 4.78 is 5.70. The Kier molecular flexibility index (Phi) is 4.04. The first kappa shape index (κ1) is 14.5. The maximum atomic E-state index is 6.42. The number of ether oxygens (including phenoxy) is 1. The molecule has 1 heterocycles. The molecule has 4 heteroatoms. The van der Waals surface area contributed by atoms with Crippen molar-refractivity contribution in [3.63, 3.8) is 0 Å². The topological polar surface area (TPSA) is 73.6 Å². The minimum Gasteiger partial charge on any atom is -0.439 e. The molecule has 2 atom stereocenters. The zero-order valence-corrected chi connectivity index (χ0v) is 12.2. The van der Waals surface area contributed by atoms with Crippen LogP contribution in [0.3, 0.4) is 0 Å². The number of para-hydroxylation sites is 1. The van der Waals surface area contributed by atoms with E-state index in [2.05, 4.69) is 4.99 Å². The highest BCUT2D eigenvalue weighted by Crippen LogP contribution is 2.21. The summed E-state index contributed by atoms with van der Waals surface area (Å²) in [6.07, 6.45) is 3.76. The van der Waals surface area contributed by atoms with Gasteiger partial charge in [0.05, 0.1) is 5.54 Å². The molecule has 0 bridgehead atoms. The summed E-state index contributed by atoms with van der Waals surface area (Å²) in [4.78, 5) is 4.39. The quantitative estimate of drug-likeness (QED) is 0.911. The Morgan fingerprint density at radius 2 is 1.64 bits per heavy atom. The fraction of sp³-hybridized carbons (Fsp3) is 0.167. The standard InChI is InChI=1S/C18H19N3O/c19-17-18(20,13-14-7-3-1-4-8-14)12-11-16(21-17)22-15-9-5-2-6-10-15/h1-12,17H,13,19-20H2. The molecule has 0 saturated carbocycles. The van der Waals surface area contributed by atoms with Crippen LogP contribution in [-0.2, 0) is 6.42 Å². The molecule has 1 aliphatic heterocycles. The average molecular weight is 293 g/mol. The second-order valence-electron chi connectivity index (χ2n) is 5.44. The predicted octanol–water partition coefficient (Wildman–Crippen LogP) is 2.26. The van der Waals surface area contributed by atoms with Gasteiger partial charge in [0.1, 0.15) is 11.9 Å². The van der Waals surface area contributed by atoms with Gasteiger partial charge in [-0.25, -0.2) is 4.99 Å². The van der Waals surface area contributed by atoms with Crippen LogP contribution in [0.15, 0.2) is 77.8 Å². The number of hydrogen-bond donors (Lipinski definition) is 2. The number of aliphatic imine (C=N–C) groups is 1. The second-order valence-corrected chi connectivity index (χ2v) is 5.44. The normalized spacial score (nSPS) is 23.9. The molecule has 0 amide bonds. The lowest BCUT2D eigenvalue weighted by molar-refractivity contribution is 0.410. The minimum absolute atomic E-state index is 0.479. The van der Waals surface area contributed by atoms with E-state index in [4.69, 9.17) is 16.2 Å². The molecule has 2 aromatic rings. The summed E-state index contributed by atoms with van der Waals surface area (Å²) in [5.41, 5.74) is 13.0. The lowest BCUT2D eigenvalue weighted by Gasteiger charge is -2.32. The molecule has 22 heavy (non-hydrogen) atoms. The largest absolute Gasteiger partial charge is 0.439 e. The summed E-state index contributed by atoms with van der Waals surface area (Å²) >= 11 is 0. The Bertz CT molecular complexity index is 682. The number of benzene rings is 2. The molecule has 0 spiro atoms. The molecule has 1 aliphatic rings. The average Bonchev–Trinajstić information content (AvgIpc) is 2.53. The lowest BCUT2D eigenvalue weighted by atomic mass is 9.87. The third-order valence-corrected chi connectivity index (χ3v) is 3.67. The van der Waals surface area contributed by atoms with Crippen molar-refractivity contribution in [3.05, 3.63) is 78.4 Å². The van der Waals surface area contributed by atoms with E-state index in [1.165, 1.54) is 0 Å². The first-order valence-electron chi connectivity index (χ1n) is 7.24. The van der Waals surface area contributed by atoms with Crippen molar-refractivity contribution < 1.29 is 4.74 Å². The number of nitrogens with zero attached hydrogens (tertiary/aromatic N) is 1. The van der Waals surface area contributed by atoms with Crippen LogP contribution < -0.4 is 16.2 Å². The summed E-state index contributed by atoms with van der Waals surface area (Å²) in [5.74, 6) is 1.21. The highest BCUT2D eigenvalue weighted by molar-refractivity contribution is 5.90. The van der Waals surface area contributed by atoms with Gasteiger partial charge >= 0.3 is 0 Å². The van der Waals surface area contributed by atoms with Crippen LogP contribution in [0.4, 0.5) is 0 Å². The Morgan fingerprint density at radius 1 is 1.00 bits per heavy atom. The van der Waals surface area contributed by atoms with E-state index in [1.54, 1.807) is 6.08 Å². The number of nitrogens with two attached hydrogens (primary N) is 2. The molecule has 4 N–H and O–H groups in total. The third-order valence-electron chi connectivity index (χ3n) is 3.67. The maximum Gasteiger partial charge on any atom is 0.216 e. The van der Waals surface area contributed by atoms with Crippen LogP contribution in [0, 0.1) is 0 Å². The van der Waals surface area contributed by atoms with Crippen LogP contribution in [0.1, 0.15) is 5.56 Å². The van der Waals surface area contributed by atoms with Crippen LogP contribution in [0.5, 0.6) is 5.75 Å². The van der Waals surface area contributed by atoms with Gasteiger partial charge in [-0.2, -0.15) is 0 Å². The smallest absolute Gasteiger partial charge is 0.216 e. The molecule has 0 fully saturated rings. The molecular formula is C18H19N3O. The molecule has 0 saturated heterocycles. The molecular weight excluding hydrogens is 274 g/mol. The van der Waals surface area contributed by atoms with Gasteiger partial charge in [0.2, 0.25) is 5.90 Å². The first-order valence-corrected chi connectivity index (χ1v) is 7.24. The molecule has 112 valence electrons. The van der Waals surface area contributed by atoms with Crippen molar-refractivity contribution >= 4 is 5.90 Å². The molecule has 0 radical (unpaired) electrons. The first-order chi connectivity index (χ1) is 10.7. The van der Waals surface area contributed by atoms with E-state index in [-0.39, 0.29) is 0 Å². The Labute approximate surface area is 130 Å².